The van der Waals surface area contributed by atoms with Crippen LogP contribution in [0.3, 0.4) is 0 Å². The molecule has 1 aromatic rings. The first-order valence-electron chi connectivity index (χ1n) is 4.44. The van der Waals surface area contributed by atoms with Crippen molar-refractivity contribution in [2.75, 3.05) is 0 Å². The molecule has 86 valence electrons. The van der Waals surface area contributed by atoms with E-state index in [0.29, 0.717) is 10.0 Å². The van der Waals surface area contributed by atoms with E-state index < -0.39 is 22.2 Å². The second-order valence-electron chi connectivity index (χ2n) is 3.32. The number of carboxylic acid groups (broad SMARTS) is 1. The van der Waals surface area contributed by atoms with Gasteiger partial charge in [0.2, 0.25) is 0 Å². The predicted molar refractivity (Wildman–Crippen MR) is 52.7 cm³/mol. The maximum absolute atomic E-state index is 11.9. The quantitative estimate of drug-likeness (QED) is 0.477. The maximum Gasteiger partial charge on any atom is 1.00 e. The molecule has 0 aromatic heterocycles. The van der Waals surface area contributed by atoms with Gasteiger partial charge in [-0.05, 0) is 23.0 Å². The molecule has 1 heterocycles. The van der Waals surface area contributed by atoms with E-state index >= 15 is 0 Å². The second kappa shape index (κ2) is 5.05. The van der Waals surface area contributed by atoms with E-state index in [1.807, 2.05) is 0 Å². The normalized spacial score (nSPS) is 22.6. The van der Waals surface area contributed by atoms with E-state index in [1.165, 1.54) is 6.07 Å². The Morgan fingerprint density at radius 2 is 2.00 bits per heavy atom. The van der Waals surface area contributed by atoms with Crippen molar-refractivity contribution < 1.29 is 52.7 Å². The molecule has 2 rings (SSSR count). The van der Waals surface area contributed by atoms with Crippen molar-refractivity contribution in [2.24, 2.45) is 0 Å². The molecule has 8 heteroatoms. The predicted octanol–water partition coefficient (Wildman–Crippen LogP) is -2.65. The molecule has 0 amide bonds. The fourth-order valence-corrected chi connectivity index (χ4v) is 2.79. The molecule has 0 bridgehead atoms. The molecule has 1 N–H and O–H groups in total. The molecule has 0 radical (unpaired) electrons. The maximum atomic E-state index is 11.9. The average molecular weight is 266 g/mol. The summed E-state index contributed by atoms with van der Waals surface area (Å²) in [6.07, 6.45) is -1.40. The summed E-state index contributed by atoms with van der Waals surface area (Å²) in [4.78, 5) is 15.1. The number of hydrogen-bond acceptors (Lipinski definition) is 4. The third-order valence-electron chi connectivity index (χ3n) is 2.17. The Balaban J connectivity index is 0.00000144. The molecule has 1 aliphatic rings. The Morgan fingerprint density at radius 3 is 2.47 bits per heavy atom. The molecule has 2 unspecified atom stereocenters. The fraction of sp³-hybridized carbons (Fsp3) is 0.222. The van der Waals surface area contributed by atoms with E-state index in [-0.39, 0.29) is 34.5 Å². The number of aliphatic carboxylic acids is 1. The SMILES string of the molecule is Cc1ccccc1S(=O)(=O)N1OC1C(=O)O.[Na+]. The first-order chi connectivity index (χ1) is 7.44. The summed E-state index contributed by atoms with van der Waals surface area (Å²) >= 11 is 0. The van der Waals surface area contributed by atoms with Crippen LogP contribution in [0.4, 0.5) is 0 Å². The van der Waals surface area contributed by atoms with Gasteiger partial charge < -0.3 is 5.11 Å². The number of carbonyl (C=O) groups is 1. The zero-order valence-corrected chi connectivity index (χ0v) is 12.1. The smallest absolute Gasteiger partial charge is 0.478 e. The van der Waals surface area contributed by atoms with Gasteiger partial charge in [0, 0.05) is 0 Å². The number of hydrogen-bond donors (Lipinski definition) is 1. The Labute approximate surface area is 120 Å². The number of sulfonamides is 1. The molecule has 17 heavy (non-hydrogen) atoms. The van der Waals surface area contributed by atoms with Gasteiger partial charge in [-0.15, -0.1) is 0 Å². The Kier molecular flexibility index (Phi) is 4.34. The van der Waals surface area contributed by atoms with Crippen molar-refractivity contribution in [1.29, 1.82) is 0 Å². The second-order valence-corrected chi connectivity index (χ2v) is 5.07. The standard InChI is InChI=1S/C9H9NO5S.Na/c1-6-4-2-3-5-7(6)16(13,14)10-8(15-10)9(11)12;/h2-5,8H,1H3,(H,11,12);/q;+1. The summed E-state index contributed by atoms with van der Waals surface area (Å²) in [5.41, 5.74) is 0.544. The first-order valence-corrected chi connectivity index (χ1v) is 5.88. The molecule has 1 saturated heterocycles. The Bertz CT molecular complexity index is 544. The topological polar surface area (TPSA) is 87.0 Å². The van der Waals surface area contributed by atoms with Crippen molar-refractivity contribution in [2.45, 2.75) is 18.0 Å². The molecule has 6 nitrogen and oxygen atoms in total. The van der Waals surface area contributed by atoms with Crippen molar-refractivity contribution in [3.05, 3.63) is 29.8 Å². The number of hydroxylamine groups is 1. The minimum Gasteiger partial charge on any atom is -0.478 e. The molecule has 1 aromatic carbocycles. The Morgan fingerprint density at radius 1 is 1.41 bits per heavy atom. The summed E-state index contributed by atoms with van der Waals surface area (Å²) in [6, 6.07) is 6.31. The van der Waals surface area contributed by atoms with Crippen molar-refractivity contribution in [3.63, 3.8) is 0 Å². The molecular formula is C9H9NNaO5S+. The molecule has 2 atom stereocenters. The van der Waals surface area contributed by atoms with Crippen LogP contribution in [-0.2, 0) is 19.7 Å². The van der Waals surface area contributed by atoms with Crippen LogP contribution in [0.15, 0.2) is 29.2 Å². The number of rotatable bonds is 3. The van der Waals surface area contributed by atoms with E-state index in [2.05, 4.69) is 4.84 Å². The largest absolute Gasteiger partial charge is 1.00 e. The van der Waals surface area contributed by atoms with Crippen LogP contribution in [0.25, 0.3) is 0 Å². The van der Waals surface area contributed by atoms with Gasteiger partial charge in [0.05, 0.1) is 4.90 Å². The molecular weight excluding hydrogens is 257 g/mol. The number of benzene rings is 1. The van der Waals surface area contributed by atoms with Crippen LogP contribution in [0.2, 0.25) is 0 Å². The van der Waals surface area contributed by atoms with E-state index in [0.717, 1.165) is 0 Å². The van der Waals surface area contributed by atoms with Crippen molar-refractivity contribution in [1.82, 2.24) is 4.47 Å². The summed E-state index contributed by atoms with van der Waals surface area (Å²) in [5, 5.41) is 8.57. The molecule has 0 saturated carbocycles. The third kappa shape index (κ3) is 2.70. The number of carboxylic acids is 1. The van der Waals surface area contributed by atoms with E-state index in [1.54, 1.807) is 25.1 Å². The minimum absolute atomic E-state index is 0. The van der Waals surface area contributed by atoms with Gasteiger partial charge in [-0.3, -0.25) is 0 Å². The minimum atomic E-state index is -3.86. The molecule has 1 fully saturated rings. The van der Waals surface area contributed by atoms with Gasteiger partial charge in [0.25, 0.3) is 16.3 Å². The summed E-state index contributed by atoms with van der Waals surface area (Å²) < 4.78 is 24.2. The Hall–Kier alpha value is -0.440. The van der Waals surface area contributed by atoms with Crippen LogP contribution in [0.1, 0.15) is 5.56 Å². The summed E-state index contributed by atoms with van der Waals surface area (Å²) in [7, 11) is -3.86. The van der Waals surface area contributed by atoms with Gasteiger partial charge >= 0.3 is 35.5 Å². The zero-order chi connectivity index (χ0) is 11.9. The van der Waals surface area contributed by atoms with Gasteiger partial charge in [-0.1, -0.05) is 18.2 Å². The van der Waals surface area contributed by atoms with Crippen molar-refractivity contribution in [3.8, 4) is 0 Å². The van der Waals surface area contributed by atoms with Gasteiger partial charge in [0.1, 0.15) is 0 Å². The van der Waals surface area contributed by atoms with Crippen LogP contribution in [0, 0.1) is 6.92 Å². The van der Waals surface area contributed by atoms with Crippen LogP contribution in [0.5, 0.6) is 0 Å². The monoisotopic (exact) mass is 266 g/mol. The van der Waals surface area contributed by atoms with E-state index in [4.69, 9.17) is 5.11 Å². The number of nitrogens with zero attached hydrogens (tertiary/aromatic N) is 1. The van der Waals surface area contributed by atoms with Crippen LogP contribution < -0.4 is 29.6 Å². The van der Waals surface area contributed by atoms with Gasteiger partial charge in [0.15, 0.2) is 0 Å². The summed E-state index contributed by atoms with van der Waals surface area (Å²) in [5.74, 6) is -1.32. The van der Waals surface area contributed by atoms with Gasteiger partial charge in [-0.2, -0.15) is 0 Å². The molecule has 0 aliphatic carbocycles. The van der Waals surface area contributed by atoms with Crippen molar-refractivity contribution >= 4 is 16.0 Å². The zero-order valence-electron chi connectivity index (χ0n) is 9.32. The van der Waals surface area contributed by atoms with Crippen LogP contribution >= 0.6 is 0 Å². The first kappa shape index (κ1) is 14.6. The van der Waals surface area contributed by atoms with E-state index in [9.17, 15) is 13.2 Å². The van der Waals surface area contributed by atoms with Crippen LogP contribution in [-0.4, -0.2) is 30.2 Å². The van der Waals surface area contributed by atoms with Gasteiger partial charge in [-0.25, -0.2) is 18.0 Å². The molecule has 0 spiro atoms. The molecule has 1 aliphatic heterocycles. The number of aryl methyl sites for hydroxylation is 1. The average Bonchev–Trinajstić information content (AvgIpc) is 2.97. The summed E-state index contributed by atoms with van der Waals surface area (Å²) in [6.45, 7) is 1.63. The third-order valence-corrected chi connectivity index (χ3v) is 3.93. The fourth-order valence-electron chi connectivity index (χ4n) is 1.33.